The van der Waals surface area contributed by atoms with Gasteiger partial charge in [0.25, 0.3) is 0 Å². The minimum absolute atomic E-state index is 0. The third-order valence-electron chi connectivity index (χ3n) is 4.85. The zero-order valence-electron chi connectivity index (χ0n) is 18.3. The molecule has 1 aromatic rings. The van der Waals surface area contributed by atoms with E-state index in [1.165, 1.54) is 12.1 Å². The molecule has 31 heavy (non-hydrogen) atoms. The topological polar surface area (TPSA) is 58.1 Å². The first-order chi connectivity index (χ1) is 14.5. The van der Waals surface area contributed by atoms with Gasteiger partial charge < -0.3 is 25.0 Å². The maximum atomic E-state index is 13.6. The molecule has 10 heteroatoms. The van der Waals surface area contributed by atoms with Crippen LogP contribution in [0.4, 0.5) is 18.9 Å². The van der Waals surface area contributed by atoms with E-state index in [0.29, 0.717) is 51.1 Å². The highest BCUT2D eigenvalue weighted by Crippen LogP contribution is 2.35. The lowest BCUT2D eigenvalue weighted by atomic mass is 10.0. The predicted molar refractivity (Wildman–Crippen MR) is 128 cm³/mol. The second kappa shape index (κ2) is 14.7. The van der Waals surface area contributed by atoms with E-state index < -0.39 is 11.7 Å². The van der Waals surface area contributed by atoms with Crippen LogP contribution in [0.25, 0.3) is 0 Å². The summed E-state index contributed by atoms with van der Waals surface area (Å²) in [6.45, 7) is 6.41. The van der Waals surface area contributed by atoms with Gasteiger partial charge in [0.05, 0.1) is 18.8 Å². The van der Waals surface area contributed by atoms with Gasteiger partial charge in [0.15, 0.2) is 5.96 Å². The van der Waals surface area contributed by atoms with E-state index in [4.69, 9.17) is 9.47 Å². The molecular weight excluding hydrogens is 524 g/mol. The van der Waals surface area contributed by atoms with Gasteiger partial charge in [-0.2, -0.15) is 13.2 Å². The molecule has 0 saturated carbocycles. The summed E-state index contributed by atoms with van der Waals surface area (Å²) in [5, 5.41) is 6.08. The summed E-state index contributed by atoms with van der Waals surface area (Å²) in [6, 6.07) is 4.50. The van der Waals surface area contributed by atoms with Gasteiger partial charge in [0, 0.05) is 52.1 Å². The van der Waals surface area contributed by atoms with Crippen molar-refractivity contribution >= 4 is 35.6 Å². The van der Waals surface area contributed by atoms with E-state index in [9.17, 15) is 13.2 Å². The summed E-state index contributed by atoms with van der Waals surface area (Å²) in [5.74, 6) is 0.467. The molecule has 0 amide bonds. The van der Waals surface area contributed by atoms with Crippen molar-refractivity contribution in [3.63, 3.8) is 0 Å². The van der Waals surface area contributed by atoms with E-state index in [2.05, 4.69) is 22.5 Å². The fourth-order valence-corrected chi connectivity index (χ4v) is 3.13. The molecule has 0 atom stereocenters. The Morgan fingerprint density at radius 2 is 1.87 bits per heavy atom. The normalized spacial score (nSPS) is 14.9. The largest absolute Gasteiger partial charge is 0.416 e. The molecular formula is C21H34F3IN4O2. The van der Waals surface area contributed by atoms with E-state index in [1.54, 1.807) is 13.1 Å². The van der Waals surface area contributed by atoms with Crippen molar-refractivity contribution in [1.82, 2.24) is 10.6 Å². The highest BCUT2D eigenvalue weighted by molar-refractivity contribution is 14.0. The summed E-state index contributed by atoms with van der Waals surface area (Å²) in [4.78, 5) is 6.00. The second-order valence-electron chi connectivity index (χ2n) is 7.11. The Hall–Kier alpha value is -1.27. The van der Waals surface area contributed by atoms with Crippen molar-refractivity contribution in [2.24, 2.45) is 4.99 Å². The number of alkyl halides is 3. The highest BCUT2D eigenvalue weighted by Gasteiger charge is 2.34. The van der Waals surface area contributed by atoms with Gasteiger partial charge in [-0.3, -0.25) is 4.99 Å². The van der Waals surface area contributed by atoms with Gasteiger partial charge >= 0.3 is 6.18 Å². The quantitative estimate of drug-likeness (QED) is 0.197. The van der Waals surface area contributed by atoms with E-state index >= 15 is 0 Å². The van der Waals surface area contributed by atoms with Crippen molar-refractivity contribution in [2.75, 3.05) is 58.0 Å². The maximum absolute atomic E-state index is 13.6. The molecule has 1 fully saturated rings. The van der Waals surface area contributed by atoms with Crippen LogP contribution in [0.1, 0.15) is 37.3 Å². The fraction of sp³-hybridized carbons (Fsp3) is 0.667. The van der Waals surface area contributed by atoms with Crippen LogP contribution in [0.2, 0.25) is 0 Å². The lowest BCUT2D eigenvalue weighted by molar-refractivity contribution is -0.138. The van der Waals surface area contributed by atoms with Crippen molar-refractivity contribution in [2.45, 2.75) is 38.9 Å². The molecule has 1 saturated heterocycles. The third kappa shape index (κ3) is 9.82. The number of hydrogen-bond acceptors (Lipinski definition) is 4. The molecule has 0 aliphatic carbocycles. The SMILES string of the molecule is CCCCOCCCNC(=NC)NCc1ccc(N2CCOCC2)cc1C(F)(F)F.I. The summed E-state index contributed by atoms with van der Waals surface area (Å²) in [6.07, 6.45) is -1.48. The Bertz CT molecular complexity index is 669. The minimum Gasteiger partial charge on any atom is -0.381 e. The van der Waals surface area contributed by atoms with Crippen molar-refractivity contribution in [3.8, 4) is 0 Å². The number of halogens is 4. The molecule has 2 N–H and O–H groups in total. The molecule has 1 aliphatic rings. The molecule has 2 rings (SSSR count). The Labute approximate surface area is 200 Å². The number of unbranched alkanes of at least 4 members (excludes halogenated alkanes) is 1. The van der Waals surface area contributed by atoms with Crippen LogP contribution in [0.15, 0.2) is 23.2 Å². The average molecular weight is 558 g/mol. The molecule has 0 unspecified atom stereocenters. The molecule has 1 heterocycles. The van der Waals surface area contributed by atoms with Crippen LogP contribution >= 0.6 is 24.0 Å². The number of nitrogens with one attached hydrogen (secondary N) is 2. The molecule has 0 spiro atoms. The summed E-state index contributed by atoms with van der Waals surface area (Å²) in [5.41, 5.74) is 0.129. The first-order valence-electron chi connectivity index (χ1n) is 10.5. The standard InChI is InChI=1S/C21H33F3N4O2.HI/c1-3-4-11-29-12-5-8-26-20(25-2)27-16-17-6-7-18(15-19(17)21(22,23)24)28-9-13-30-14-10-28;/h6-7,15H,3-5,8-14,16H2,1-2H3,(H2,25,26,27);1H. The number of aliphatic imine (C=N–C) groups is 1. The van der Waals surface area contributed by atoms with Gasteiger partial charge in [-0.1, -0.05) is 19.4 Å². The van der Waals surface area contributed by atoms with Crippen LogP contribution in [-0.4, -0.2) is 59.1 Å². The number of rotatable bonds is 10. The van der Waals surface area contributed by atoms with Gasteiger partial charge in [0.2, 0.25) is 0 Å². The van der Waals surface area contributed by atoms with Crippen LogP contribution in [0, 0.1) is 0 Å². The van der Waals surface area contributed by atoms with Crippen LogP contribution in [0.3, 0.4) is 0 Å². The zero-order chi connectivity index (χ0) is 21.8. The number of morpholine rings is 1. The highest BCUT2D eigenvalue weighted by atomic mass is 127. The van der Waals surface area contributed by atoms with Crippen molar-refractivity contribution < 1.29 is 22.6 Å². The number of ether oxygens (including phenoxy) is 2. The smallest absolute Gasteiger partial charge is 0.381 e. The number of benzene rings is 1. The monoisotopic (exact) mass is 558 g/mol. The van der Waals surface area contributed by atoms with E-state index in [1.807, 2.05) is 4.90 Å². The Kier molecular flexibility index (Phi) is 13.2. The molecule has 6 nitrogen and oxygen atoms in total. The van der Waals surface area contributed by atoms with Crippen LogP contribution in [-0.2, 0) is 22.2 Å². The zero-order valence-corrected chi connectivity index (χ0v) is 20.6. The number of anilines is 1. The van der Waals surface area contributed by atoms with Crippen LogP contribution < -0.4 is 15.5 Å². The average Bonchev–Trinajstić information content (AvgIpc) is 2.75. The lowest BCUT2D eigenvalue weighted by Gasteiger charge is -2.29. The molecule has 0 radical (unpaired) electrons. The molecule has 0 bridgehead atoms. The number of nitrogens with zero attached hydrogens (tertiary/aromatic N) is 2. The third-order valence-corrected chi connectivity index (χ3v) is 4.85. The Morgan fingerprint density at radius 3 is 2.52 bits per heavy atom. The predicted octanol–water partition coefficient (Wildman–Crippen LogP) is 4.03. The summed E-state index contributed by atoms with van der Waals surface area (Å²) < 4.78 is 51.7. The van der Waals surface area contributed by atoms with Crippen molar-refractivity contribution in [3.05, 3.63) is 29.3 Å². The van der Waals surface area contributed by atoms with E-state index in [0.717, 1.165) is 25.9 Å². The van der Waals surface area contributed by atoms with Gasteiger partial charge in [-0.25, -0.2) is 0 Å². The Balaban J connectivity index is 0.00000480. The minimum atomic E-state index is -4.42. The van der Waals surface area contributed by atoms with Crippen LogP contribution in [0.5, 0.6) is 0 Å². The summed E-state index contributed by atoms with van der Waals surface area (Å²) >= 11 is 0. The molecule has 178 valence electrons. The Morgan fingerprint density at radius 1 is 1.16 bits per heavy atom. The van der Waals surface area contributed by atoms with Gasteiger partial charge in [-0.05, 0) is 30.5 Å². The second-order valence-corrected chi connectivity index (χ2v) is 7.11. The van der Waals surface area contributed by atoms with Crippen molar-refractivity contribution in [1.29, 1.82) is 0 Å². The maximum Gasteiger partial charge on any atom is 0.416 e. The lowest BCUT2D eigenvalue weighted by Crippen LogP contribution is -2.38. The number of guanidine groups is 1. The number of hydrogen-bond donors (Lipinski definition) is 2. The first kappa shape index (κ1) is 27.8. The molecule has 0 aromatic heterocycles. The first-order valence-corrected chi connectivity index (χ1v) is 10.5. The van der Waals surface area contributed by atoms with Gasteiger partial charge in [0.1, 0.15) is 0 Å². The molecule has 1 aromatic carbocycles. The summed E-state index contributed by atoms with van der Waals surface area (Å²) in [7, 11) is 1.60. The van der Waals surface area contributed by atoms with E-state index in [-0.39, 0.29) is 36.1 Å². The fourth-order valence-electron chi connectivity index (χ4n) is 3.13. The molecule has 1 aliphatic heterocycles. The van der Waals surface area contributed by atoms with Gasteiger partial charge in [-0.15, -0.1) is 24.0 Å².